The van der Waals surface area contributed by atoms with Crippen LogP contribution >= 0.6 is 0 Å². The van der Waals surface area contributed by atoms with Gasteiger partial charge in [-0.25, -0.2) is 4.68 Å². The highest BCUT2D eigenvalue weighted by molar-refractivity contribution is 6.01. The summed E-state index contributed by atoms with van der Waals surface area (Å²) in [5, 5.41) is 30.3. The maximum absolute atomic E-state index is 12.5. The van der Waals surface area contributed by atoms with Crippen molar-refractivity contribution in [3.05, 3.63) is 94.5 Å². The van der Waals surface area contributed by atoms with E-state index in [2.05, 4.69) is 20.5 Å². The summed E-state index contributed by atoms with van der Waals surface area (Å²) in [6.45, 7) is 1.76. The van der Waals surface area contributed by atoms with E-state index in [1.807, 2.05) is 92.6 Å². The topological polar surface area (TPSA) is 128 Å². The minimum absolute atomic E-state index is 0.0151. The third kappa shape index (κ3) is 5.48. The van der Waals surface area contributed by atoms with E-state index >= 15 is 0 Å². The Morgan fingerprint density at radius 2 is 1.70 bits per heavy atom. The van der Waals surface area contributed by atoms with Crippen molar-refractivity contribution in [2.75, 3.05) is 19.0 Å². The zero-order chi connectivity index (χ0) is 28.2. The van der Waals surface area contributed by atoms with Gasteiger partial charge in [0.05, 0.1) is 22.5 Å². The van der Waals surface area contributed by atoms with E-state index in [0.717, 1.165) is 22.0 Å². The second-order valence-electron chi connectivity index (χ2n) is 9.58. The molecule has 1 heterocycles. The van der Waals surface area contributed by atoms with Gasteiger partial charge in [-0.05, 0) is 23.6 Å². The Balaban J connectivity index is 1.41. The molecule has 0 aliphatic heterocycles. The molecular weight excluding hydrogens is 510 g/mol. The van der Waals surface area contributed by atoms with Crippen molar-refractivity contribution in [1.82, 2.24) is 15.0 Å². The summed E-state index contributed by atoms with van der Waals surface area (Å²) in [6.07, 6.45) is 0.197. The Labute approximate surface area is 229 Å². The van der Waals surface area contributed by atoms with E-state index in [9.17, 15) is 14.9 Å². The van der Waals surface area contributed by atoms with E-state index in [4.69, 9.17) is 4.74 Å². The highest BCUT2D eigenvalue weighted by Crippen LogP contribution is 2.36. The molecule has 0 saturated carbocycles. The van der Waals surface area contributed by atoms with Gasteiger partial charge >= 0.3 is 5.97 Å². The van der Waals surface area contributed by atoms with Gasteiger partial charge in [-0.2, -0.15) is 0 Å². The van der Waals surface area contributed by atoms with E-state index in [1.165, 1.54) is 16.8 Å². The average Bonchev–Trinajstić information content (AvgIpc) is 3.36. The molecule has 11 heteroatoms. The average molecular weight is 538 g/mol. The number of nitro groups is 1. The van der Waals surface area contributed by atoms with Crippen LogP contribution in [0.4, 0.5) is 22.7 Å². The SMILES string of the molecule is C[C@@H](CC(=O)OCn1nnc2cc([N+](=O)[O-])c(N=Nc3ccc(N(C)C)c4ccccc34)cc21)c1ccccc1. The molecule has 0 saturated heterocycles. The van der Waals surface area contributed by atoms with Crippen molar-refractivity contribution in [3.8, 4) is 0 Å². The summed E-state index contributed by atoms with van der Waals surface area (Å²) in [5.41, 5.74) is 3.11. The summed E-state index contributed by atoms with van der Waals surface area (Å²) >= 11 is 0. The van der Waals surface area contributed by atoms with Gasteiger partial charge in [0.15, 0.2) is 12.4 Å². The Kier molecular flexibility index (Phi) is 7.45. The maximum atomic E-state index is 12.5. The molecule has 0 aliphatic carbocycles. The Bertz CT molecular complexity index is 1730. The molecule has 11 nitrogen and oxygen atoms in total. The molecule has 0 bridgehead atoms. The van der Waals surface area contributed by atoms with Gasteiger partial charge in [0.1, 0.15) is 5.52 Å². The lowest BCUT2D eigenvalue weighted by atomic mass is 9.98. The van der Waals surface area contributed by atoms with Crippen molar-refractivity contribution in [2.24, 2.45) is 10.2 Å². The van der Waals surface area contributed by atoms with Gasteiger partial charge in [-0.15, -0.1) is 15.3 Å². The van der Waals surface area contributed by atoms with Crippen LogP contribution in [0.25, 0.3) is 21.8 Å². The lowest BCUT2D eigenvalue weighted by molar-refractivity contribution is -0.384. The normalized spacial score (nSPS) is 12.2. The molecule has 202 valence electrons. The number of azo groups is 1. The van der Waals surface area contributed by atoms with Crippen molar-refractivity contribution < 1.29 is 14.5 Å². The molecule has 0 spiro atoms. The van der Waals surface area contributed by atoms with Crippen LogP contribution in [0.1, 0.15) is 24.8 Å². The quantitative estimate of drug-likeness (QED) is 0.0889. The molecule has 0 fully saturated rings. The van der Waals surface area contributed by atoms with Crippen LogP contribution in [0, 0.1) is 10.1 Å². The van der Waals surface area contributed by atoms with Gasteiger partial charge < -0.3 is 9.64 Å². The number of hydrogen-bond acceptors (Lipinski definition) is 9. The Hall–Kier alpha value is -5.19. The fourth-order valence-corrected chi connectivity index (χ4v) is 4.51. The van der Waals surface area contributed by atoms with Crippen LogP contribution in [0.15, 0.2) is 89.1 Å². The number of hydrogen-bond donors (Lipinski definition) is 0. The molecule has 0 amide bonds. The zero-order valence-electron chi connectivity index (χ0n) is 22.3. The number of rotatable bonds is 9. The van der Waals surface area contributed by atoms with Crippen molar-refractivity contribution in [2.45, 2.75) is 26.0 Å². The fraction of sp³-hybridized carbons (Fsp3) is 0.207. The predicted molar refractivity (Wildman–Crippen MR) is 152 cm³/mol. The van der Waals surface area contributed by atoms with Crippen LogP contribution in [0.5, 0.6) is 0 Å². The van der Waals surface area contributed by atoms with E-state index < -0.39 is 10.9 Å². The van der Waals surface area contributed by atoms with Crippen molar-refractivity contribution >= 4 is 50.5 Å². The minimum Gasteiger partial charge on any atom is -0.442 e. The second-order valence-corrected chi connectivity index (χ2v) is 9.58. The molecule has 5 aromatic rings. The van der Waals surface area contributed by atoms with Gasteiger partial charge in [-0.1, -0.05) is 66.7 Å². The monoisotopic (exact) mass is 537 g/mol. The van der Waals surface area contributed by atoms with Gasteiger partial charge in [0.25, 0.3) is 5.69 Å². The van der Waals surface area contributed by atoms with Crippen LogP contribution in [0.2, 0.25) is 0 Å². The molecule has 1 atom stereocenters. The van der Waals surface area contributed by atoms with E-state index in [0.29, 0.717) is 11.2 Å². The third-order valence-corrected chi connectivity index (χ3v) is 6.62. The van der Waals surface area contributed by atoms with Crippen LogP contribution in [-0.4, -0.2) is 40.0 Å². The molecule has 0 radical (unpaired) electrons. The van der Waals surface area contributed by atoms with Crippen LogP contribution < -0.4 is 4.90 Å². The van der Waals surface area contributed by atoms with E-state index in [1.54, 1.807) is 0 Å². The van der Waals surface area contributed by atoms with Gasteiger partial charge in [-0.3, -0.25) is 14.9 Å². The van der Waals surface area contributed by atoms with Crippen molar-refractivity contribution in [1.29, 1.82) is 0 Å². The highest BCUT2D eigenvalue weighted by Gasteiger charge is 2.20. The minimum atomic E-state index is -0.537. The van der Waals surface area contributed by atoms with Crippen LogP contribution in [-0.2, 0) is 16.3 Å². The van der Waals surface area contributed by atoms with E-state index in [-0.39, 0.29) is 36.0 Å². The summed E-state index contributed by atoms with van der Waals surface area (Å²) in [6, 6.07) is 24.0. The first-order valence-electron chi connectivity index (χ1n) is 12.6. The highest BCUT2D eigenvalue weighted by atomic mass is 16.6. The van der Waals surface area contributed by atoms with Crippen LogP contribution in [0.3, 0.4) is 0 Å². The zero-order valence-corrected chi connectivity index (χ0v) is 22.3. The lowest BCUT2D eigenvalue weighted by Crippen LogP contribution is -2.13. The Morgan fingerprint density at radius 3 is 2.42 bits per heavy atom. The number of nitrogens with zero attached hydrogens (tertiary/aromatic N) is 7. The van der Waals surface area contributed by atoms with Crippen molar-refractivity contribution in [3.63, 3.8) is 0 Å². The molecule has 0 unspecified atom stereocenters. The lowest BCUT2D eigenvalue weighted by Gasteiger charge is -2.16. The maximum Gasteiger partial charge on any atom is 0.308 e. The van der Waals surface area contributed by atoms with Gasteiger partial charge in [0, 0.05) is 42.7 Å². The predicted octanol–water partition coefficient (Wildman–Crippen LogP) is 6.67. The molecular formula is C29H27N7O4. The number of carbonyl (C=O) groups is 1. The first-order valence-corrected chi connectivity index (χ1v) is 12.6. The number of benzene rings is 4. The smallest absolute Gasteiger partial charge is 0.308 e. The summed E-state index contributed by atoms with van der Waals surface area (Å²) < 4.78 is 6.81. The molecule has 0 N–H and O–H groups in total. The summed E-state index contributed by atoms with van der Waals surface area (Å²) in [7, 11) is 3.92. The molecule has 5 rings (SSSR count). The number of nitro benzene ring substituents is 1. The summed E-state index contributed by atoms with van der Waals surface area (Å²) in [4.78, 5) is 25.8. The first kappa shape index (κ1) is 26.4. The number of esters is 1. The summed E-state index contributed by atoms with van der Waals surface area (Å²) in [5.74, 6) is -0.409. The molecule has 40 heavy (non-hydrogen) atoms. The molecule has 1 aromatic heterocycles. The Morgan fingerprint density at radius 1 is 1.00 bits per heavy atom. The number of fused-ring (bicyclic) bond motifs is 2. The molecule has 4 aromatic carbocycles. The number of aromatic nitrogens is 3. The second kappa shape index (κ2) is 11.3. The molecule has 0 aliphatic rings. The largest absolute Gasteiger partial charge is 0.442 e. The number of anilines is 1. The number of carbonyl (C=O) groups excluding carboxylic acids is 1. The third-order valence-electron chi connectivity index (χ3n) is 6.62. The fourth-order valence-electron chi connectivity index (χ4n) is 4.51. The number of ether oxygens (including phenoxy) is 1. The first-order chi connectivity index (χ1) is 19.3. The van der Waals surface area contributed by atoms with Gasteiger partial charge in [0.2, 0.25) is 0 Å². The standard InChI is InChI=1S/C29H27N7O4/c1-19(20-9-5-4-6-10-20)15-29(37)40-18-35-27-16-25(28(36(38)39)17-24(27)32-33-35)31-30-23-13-14-26(34(2)3)22-12-8-7-11-21(22)23/h4-14,16-17,19H,15,18H2,1-3H3/t19-/m0/s1.